The Balaban J connectivity index is 2.44. The average Bonchev–Trinajstić information content (AvgIpc) is 2.55. The van der Waals surface area contributed by atoms with Gasteiger partial charge in [-0.25, -0.2) is 4.79 Å². The molecule has 1 heterocycles. The second-order valence-corrected chi connectivity index (χ2v) is 5.75. The number of nitrogens with zero attached hydrogens (tertiary/aromatic N) is 2. The van der Waals surface area contributed by atoms with Crippen molar-refractivity contribution in [2.75, 3.05) is 20.2 Å². The maximum Gasteiger partial charge on any atom is 0.408 e. The predicted octanol–water partition coefficient (Wildman–Crippen LogP) is 1.17. The molecule has 0 radical (unpaired) electrons. The van der Waals surface area contributed by atoms with Crippen molar-refractivity contribution in [3.05, 3.63) is 30.1 Å². The minimum atomic E-state index is -1.00. The molecule has 1 aromatic rings. The molecule has 2 amide bonds. The van der Waals surface area contributed by atoms with Crippen molar-refractivity contribution in [2.24, 2.45) is 5.92 Å². The largest absolute Gasteiger partial charge is 0.445 e. The van der Waals surface area contributed by atoms with Gasteiger partial charge in [-0.1, -0.05) is 13.8 Å². The van der Waals surface area contributed by atoms with E-state index in [-0.39, 0.29) is 12.5 Å². The van der Waals surface area contributed by atoms with Gasteiger partial charge in [0.1, 0.15) is 12.6 Å². The lowest BCUT2D eigenvalue weighted by molar-refractivity contribution is -0.133. The summed E-state index contributed by atoms with van der Waals surface area (Å²) in [5.41, 5.74) is 0.788. The Labute approximate surface area is 136 Å². The number of carbonyl (C=O) groups is 2. The highest BCUT2D eigenvalue weighted by Crippen LogP contribution is 2.03. The number of nitrogens with one attached hydrogen (secondary N) is 1. The third kappa shape index (κ3) is 7.10. The van der Waals surface area contributed by atoms with Crippen molar-refractivity contribution in [3.63, 3.8) is 0 Å². The Morgan fingerprint density at radius 1 is 1.35 bits per heavy atom. The number of amides is 2. The lowest BCUT2D eigenvalue weighted by Gasteiger charge is -2.23. The normalized spacial score (nSPS) is 11.9. The number of aliphatic hydroxyl groups excluding tert-OH is 1. The summed E-state index contributed by atoms with van der Waals surface area (Å²) >= 11 is 0. The molecule has 1 atom stereocenters. The van der Waals surface area contributed by atoms with Crippen LogP contribution in [0, 0.1) is 5.92 Å². The van der Waals surface area contributed by atoms with Crippen molar-refractivity contribution < 1.29 is 19.4 Å². The van der Waals surface area contributed by atoms with E-state index < -0.39 is 18.7 Å². The zero-order chi connectivity index (χ0) is 17.2. The van der Waals surface area contributed by atoms with Crippen molar-refractivity contribution in [2.45, 2.75) is 32.9 Å². The summed E-state index contributed by atoms with van der Waals surface area (Å²) in [7, 11) is 1.65. The minimum absolute atomic E-state index is 0.0733. The number of aromatic nitrogens is 1. The van der Waals surface area contributed by atoms with E-state index in [9.17, 15) is 14.7 Å². The molecule has 0 unspecified atom stereocenters. The molecule has 0 aliphatic heterocycles. The van der Waals surface area contributed by atoms with Crippen LogP contribution in [0.1, 0.15) is 25.8 Å². The lowest BCUT2D eigenvalue weighted by Crippen LogP contribution is -2.49. The molecule has 128 valence electrons. The summed E-state index contributed by atoms with van der Waals surface area (Å²) in [6.07, 6.45) is 3.31. The molecule has 2 N–H and O–H groups in total. The minimum Gasteiger partial charge on any atom is -0.445 e. The van der Waals surface area contributed by atoms with Gasteiger partial charge in [0.25, 0.3) is 0 Å². The van der Waals surface area contributed by atoms with Crippen LogP contribution in [-0.2, 0) is 16.1 Å². The standard InChI is InChI=1S/C16H25N3O4/c1-12(2)6-9-19(3)15(21)14(10-20)18-16(22)23-11-13-4-7-17-8-5-13/h4-5,7-8,12,14,20H,6,9-11H2,1-3H3,(H,18,22)/t14-/m0/s1. The van der Waals surface area contributed by atoms with Crippen LogP contribution in [0.15, 0.2) is 24.5 Å². The number of likely N-dealkylation sites (N-methyl/N-ethyl adjacent to an activating group) is 1. The fourth-order valence-corrected chi connectivity index (χ4v) is 1.83. The van der Waals surface area contributed by atoms with E-state index in [2.05, 4.69) is 24.1 Å². The quantitative estimate of drug-likeness (QED) is 0.749. The number of pyridine rings is 1. The number of alkyl carbamates (subject to hydrolysis) is 1. The fourth-order valence-electron chi connectivity index (χ4n) is 1.83. The molecule has 7 heteroatoms. The Morgan fingerprint density at radius 3 is 2.57 bits per heavy atom. The predicted molar refractivity (Wildman–Crippen MR) is 85.5 cm³/mol. The first-order valence-electron chi connectivity index (χ1n) is 7.62. The molecular weight excluding hydrogens is 298 g/mol. The Bertz CT molecular complexity index is 493. The summed E-state index contributed by atoms with van der Waals surface area (Å²) in [5, 5.41) is 11.7. The summed E-state index contributed by atoms with van der Waals surface area (Å²) in [6, 6.07) is 2.45. The van der Waals surface area contributed by atoms with Gasteiger partial charge in [0.05, 0.1) is 6.61 Å². The molecule has 0 bridgehead atoms. The number of rotatable bonds is 8. The van der Waals surface area contributed by atoms with Crippen LogP contribution in [0.5, 0.6) is 0 Å². The van der Waals surface area contributed by atoms with E-state index in [0.29, 0.717) is 12.5 Å². The van der Waals surface area contributed by atoms with E-state index in [1.807, 2.05) is 0 Å². The van der Waals surface area contributed by atoms with Crippen LogP contribution in [-0.4, -0.2) is 53.2 Å². The molecule has 0 fully saturated rings. The van der Waals surface area contributed by atoms with Crippen molar-refractivity contribution in [1.82, 2.24) is 15.2 Å². The molecule has 0 saturated carbocycles. The Hall–Kier alpha value is -2.15. The van der Waals surface area contributed by atoms with Gasteiger partial charge >= 0.3 is 6.09 Å². The van der Waals surface area contributed by atoms with Crippen molar-refractivity contribution in [1.29, 1.82) is 0 Å². The van der Waals surface area contributed by atoms with Gasteiger partial charge in [-0.15, -0.1) is 0 Å². The van der Waals surface area contributed by atoms with Gasteiger partial charge in [0.2, 0.25) is 5.91 Å². The van der Waals surface area contributed by atoms with E-state index >= 15 is 0 Å². The number of carbonyl (C=O) groups excluding carboxylic acids is 2. The topological polar surface area (TPSA) is 91.8 Å². The highest BCUT2D eigenvalue weighted by molar-refractivity contribution is 5.85. The maximum absolute atomic E-state index is 12.2. The molecule has 1 aromatic heterocycles. The third-order valence-electron chi connectivity index (χ3n) is 3.31. The van der Waals surface area contributed by atoms with Crippen LogP contribution in [0.25, 0.3) is 0 Å². The molecule has 0 aliphatic carbocycles. The first-order chi connectivity index (χ1) is 10.9. The van der Waals surface area contributed by atoms with E-state index in [0.717, 1.165) is 12.0 Å². The summed E-state index contributed by atoms with van der Waals surface area (Å²) < 4.78 is 5.03. The monoisotopic (exact) mass is 323 g/mol. The highest BCUT2D eigenvalue weighted by atomic mass is 16.5. The van der Waals surface area contributed by atoms with Crippen LogP contribution in [0.2, 0.25) is 0 Å². The van der Waals surface area contributed by atoms with Crippen LogP contribution < -0.4 is 5.32 Å². The van der Waals surface area contributed by atoms with Crippen molar-refractivity contribution in [3.8, 4) is 0 Å². The summed E-state index contributed by atoms with van der Waals surface area (Å²) in [5.74, 6) is 0.130. The first kappa shape index (κ1) is 18.9. The van der Waals surface area contributed by atoms with E-state index in [1.54, 1.807) is 31.6 Å². The Kier molecular flexibility index (Phi) is 8.04. The van der Waals surface area contributed by atoms with Crippen molar-refractivity contribution >= 4 is 12.0 Å². The van der Waals surface area contributed by atoms with Gasteiger partial charge < -0.3 is 20.1 Å². The number of hydrogen-bond acceptors (Lipinski definition) is 5. The number of aliphatic hydroxyl groups is 1. The molecule has 23 heavy (non-hydrogen) atoms. The van der Waals surface area contributed by atoms with Crippen LogP contribution in [0.3, 0.4) is 0 Å². The average molecular weight is 323 g/mol. The van der Waals surface area contributed by atoms with Gasteiger partial charge in [-0.2, -0.15) is 0 Å². The van der Waals surface area contributed by atoms with Gasteiger partial charge in [-0.3, -0.25) is 9.78 Å². The van der Waals surface area contributed by atoms with Crippen LogP contribution >= 0.6 is 0 Å². The smallest absolute Gasteiger partial charge is 0.408 e. The molecule has 0 spiro atoms. The zero-order valence-electron chi connectivity index (χ0n) is 13.9. The fraction of sp³-hybridized carbons (Fsp3) is 0.562. The van der Waals surface area contributed by atoms with E-state index in [4.69, 9.17) is 4.74 Å². The highest BCUT2D eigenvalue weighted by Gasteiger charge is 2.23. The van der Waals surface area contributed by atoms with Gasteiger partial charge in [0.15, 0.2) is 0 Å². The molecule has 0 saturated heterocycles. The molecule has 7 nitrogen and oxygen atoms in total. The Morgan fingerprint density at radius 2 is 2.00 bits per heavy atom. The molecular formula is C16H25N3O4. The molecule has 0 aromatic carbocycles. The van der Waals surface area contributed by atoms with Gasteiger partial charge in [-0.05, 0) is 30.0 Å². The second kappa shape index (κ2) is 9.78. The maximum atomic E-state index is 12.2. The first-order valence-corrected chi connectivity index (χ1v) is 7.62. The summed E-state index contributed by atoms with van der Waals surface area (Å²) in [4.78, 5) is 29.3. The lowest BCUT2D eigenvalue weighted by atomic mass is 10.1. The second-order valence-electron chi connectivity index (χ2n) is 5.75. The zero-order valence-corrected chi connectivity index (χ0v) is 13.9. The summed E-state index contributed by atoms with van der Waals surface area (Å²) in [6.45, 7) is 4.30. The number of hydrogen-bond donors (Lipinski definition) is 2. The molecule has 0 aliphatic rings. The molecule has 1 rings (SSSR count). The van der Waals surface area contributed by atoms with E-state index in [1.165, 1.54) is 4.90 Å². The SMILES string of the molecule is CC(C)CCN(C)C(=O)[C@H](CO)NC(=O)OCc1ccncc1. The van der Waals surface area contributed by atoms with Crippen LogP contribution in [0.4, 0.5) is 4.79 Å². The number of ether oxygens (including phenoxy) is 1. The van der Waals surface area contributed by atoms with Gasteiger partial charge in [0, 0.05) is 26.0 Å². The third-order valence-corrected chi connectivity index (χ3v) is 3.31.